The minimum atomic E-state index is -4.39. The molecule has 0 radical (unpaired) electrons. The second kappa shape index (κ2) is 12.8. The van der Waals surface area contributed by atoms with Gasteiger partial charge in [0.2, 0.25) is 21.4 Å². The number of aliphatic imine (C=N–C) groups is 1. The Kier molecular flexibility index (Phi) is 9.04. The van der Waals surface area contributed by atoms with E-state index in [9.17, 15) is 18.3 Å². The Morgan fingerprint density at radius 3 is 2.51 bits per heavy atom. The van der Waals surface area contributed by atoms with E-state index in [0.717, 1.165) is 6.07 Å². The Bertz CT molecular complexity index is 2080. The summed E-state index contributed by atoms with van der Waals surface area (Å²) in [5.74, 6) is -5.91. The molecule has 0 fully saturated rings. The lowest BCUT2D eigenvalue weighted by Crippen LogP contribution is -2.25. The number of hydrogen-bond donors (Lipinski definition) is 3. The number of phenols is 1. The van der Waals surface area contributed by atoms with Crippen LogP contribution in [0.3, 0.4) is 0 Å². The van der Waals surface area contributed by atoms with Gasteiger partial charge in [-0.1, -0.05) is 17.7 Å². The molecule has 4 N–H and O–H groups in total. The summed E-state index contributed by atoms with van der Waals surface area (Å²) in [5.41, 5.74) is 5.51. The molecule has 0 saturated heterocycles. The Hall–Kier alpha value is -5.28. The van der Waals surface area contributed by atoms with E-state index in [1.165, 1.54) is 67.5 Å². The van der Waals surface area contributed by atoms with Gasteiger partial charge in [-0.05, 0) is 48.5 Å². The molecule has 5 rings (SSSR count). The maximum atomic E-state index is 15.7. The van der Waals surface area contributed by atoms with Gasteiger partial charge in [-0.15, -0.1) is 0 Å². The van der Waals surface area contributed by atoms with Gasteiger partial charge in [0.1, 0.15) is 17.4 Å². The normalized spacial score (nSPS) is 12.9. The fourth-order valence-electron chi connectivity index (χ4n) is 4.62. The van der Waals surface area contributed by atoms with Crippen LogP contribution in [0.2, 0.25) is 5.02 Å². The number of nitrogen functional groups attached to an aromatic ring is 1. The first-order valence-electron chi connectivity index (χ1n) is 13.7. The number of pyridine rings is 1. The van der Waals surface area contributed by atoms with E-state index >= 15 is 8.78 Å². The third-order valence-corrected chi connectivity index (χ3v) is 9.14. The number of hydrogen-bond acceptors (Lipinski definition) is 10. The molecule has 0 saturated carbocycles. The number of nitrogens with one attached hydrogen (secondary N) is 1. The maximum absolute atomic E-state index is 15.7. The van der Waals surface area contributed by atoms with Crippen LogP contribution in [0.1, 0.15) is 21.5 Å². The standard InChI is InChI=1S/C31H27ClF2N6O6S/c1-39(2)31(42)25-19(32)5-4-6-24(25)47(43,44)17-8-10-22(18(14-17)29-37-11-12-40(29)3)45-27-20(33)15-38-30(26(27)34)46-23-13-16(28(35)36)7-9-21(23)41/h4-10,13-15,41H,11-12H2,1-3H3,(H3,35,36). The molecule has 2 heterocycles. The van der Waals surface area contributed by atoms with E-state index in [1.54, 1.807) is 11.9 Å². The molecule has 244 valence electrons. The molecule has 1 aromatic heterocycles. The van der Waals surface area contributed by atoms with Crippen molar-refractivity contribution < 1.29 is 36.6 Å². The first-order valence-corrected chi connectivity index (χ1v) is 15.6. The number of aromatic hydroxyl groups is 1. The summed E-state index contributed by atoms with van der Waals surface area (Å²) >= 11 is 6.28. The Labute approximate surface area is 273 Å². The molecular formula is C31H27ClF2N6O6S. The fraction of sp³-hybridized carbons (Fsp3) is 0.161. The minimum Gasteiger partial charge on any atom is -0.504 e. The number of amides is 1. The zero-order chi connectivity index (χ0) is 34.2. The Morgan fingerprint density at radius 1 is 1.11 bits per heavy atom. The van der Waals surface area contributed by atoms with Crippen molar-refractivity contribution in [1.82, 2.24) is 14.8 Å². The van der Waals surface area contributed by atoms with Gasteiger partial charge in [0, 0.05) is 33.3 Å². The summed E-state index contributed by atoms with van der Waals surface area (Å²) in [7, 11) is 0.226. The zero-order valence-electron chi connectivity index (χ0n) is 25.1. The fourth-order valence-corrected chi connectivity index (χ4v) is 6.43. The topological polar surface area (TPSA) is 172 Å². The monoisotopic (exact) mass is 684 g/mol. The first-order chi connectivity index (χ1) is 22.2. The lowest BCUT2D eigenvalue weighted by atomic mass is 10.1. The average Bonchev–Trinajstić information content (AvgIpc) is 3.46. The number of phenolic OH excluding ortho intramolecular Hbond substituents is 1. The molecule has 1 aliphatic heterocycles. The van der Waals surface area contributed by atoms with Gasteiger partial charge in [-0.25, -0.2) is 17.8 Å². The molecule has 0 atom stereocenters. The zero-order valence-corrected chi connectivity index (χ0v) is 26.7. The van der Waals surface area contributed by atoms with Crippen LogP contribution < -0.4 is 15.2 Å². The third-order valence-electron chi connectivity index (χ3n) is 7.03. The number of sulfone groups is 1. The number of halogens is 3. The van der Waals surface area contributed by atoms with E-state index in [2.05, 4.69) is 9.98 Å². The Morgan fingerprint density at radius 2 is 1.85 bits per heavy atom. The van der Waals surface area contributed by atoms with Crippen LogP contribution in [0.15, 0.2) is 75.6 Å². The van der Waals surface area contributed by atoms with Crippen molar-refractivity contribution >= 4 is 39.0 Å². The van der Waals surface area contributed by atoms with Crippen molar-refractivity contribution in [1.29, 1.82) is 5.41 Å². The molecule has 0 aliphatic carbocycles. The summed E-state index contributed by atoms with van der Waals surface area (Å²) in [6, 6.07) is 11.4. The molecule has 0 unspecified atom stereocenters. The molecular weight excluding hydrogens is 658 g/mol. The molecule has 0 spiro atoms. The highest BCUT2D eigenvalue weighted by Crippen LogP contribution is 2.39. The third kappa shape index (κ3) is 6.39. The second-order valence-electron chi connectivity index (χ2n) is 10.5. The minimum absolute atomic E-state index is 0.0622. The predicted molar refractivity (Wildman–Crippen MR) is 169 cm³/mol. The number of benzene rings is 3. The highest BCUT2D eigenvalue weighted by Gasteiger charge is 2.30. The van der Waals surface area contributed by atoms with Gasteiger partial charge in [0.05, 0.1) is 38.7 Å². The van der Waals surface area contributed by atoms with Crippen LogP contribution in [0.5, 0.6) is 28.9 Å². The van der Waals surface area contributed by atoms with Crippen LogP contribution >= 0.6 is 11.6 Å². The highest BCUT2D eigenvalue weighted by atomic mass is 35.5. The van der Waals surface area contributed by atoms with E-state index < -0.39 is 44.8 Å². The first kappa shape index (κ1) is 33.1. The molecule has 0 bridgehead atoms. The molecule has 4 aromatic rings. The van der Waals surface area contributed by atoms with Crippen LogP contribution in [-0.4, -0.2) is 80.1 Å². The van der Waals surface area contributed by atoms with Crippen molar-refractivity contribution in [3.63, 3.8) is 0 Å². The van der Waals surface area contributed by atoms with E-state index in [0.29, 0.717) is 19.3 Å². The Balaban J connectivity index is 1.60. The van der Waals surface area contributed by atoms with Crippen LogP contribution in [-0.2, 0) is 9.84 Å². The highest BCUT2D eigenvalue weighted by molar-refractivity contribution is 7.91. The van der Waals surface area contributed by atoms with Gasteiger partial charge in [0.15, 0.2) is 17.3 Å². The lowest BCUT2D eigenvalue weighted by Gasteiger charge is -2.20. The van der Waals surface area contributed by atoms with Crippen molar-refractivity contribution in [2.24, 2.45) is 10.7 Å². The lowest BCUT2D eigenvalue weighted by molar-refractivity contribution is 0.0824. The molecule has 12 nitrogen and oxygen atoms in total. The smallest absolute Gasteiger partial charge is 0.260 e. The quantitative estimate of drug-likeness (QED) is 0.165. The number of aromatic nitrogens is 1. The summed E-state index contributed by atoms with van der Waals surface area (Å²) in [4.78, 5) is 23.3. The molecule has 1 amide bonds. The van der Waals surface area contributed by atoms with Crippen LogP contribution in [0, 0.1) is 17.0 Å². The molecule has 47 heavy (non-hydrogen) atoms. The number of nitrogens with zero attached hydrogens (tertiary/aromatic N) is 4. The number of amidine groups is 2. The largest absolute Gasteiger partial charge is 0.504 e. The molecule has 16 heteroatoms. The van der Waals surface area contributed by atoms with Gasteiger partial charge in [-0.2, -0.15) is 4.39 Å². The van der Waals surface area contributed by atoms with Gasteiger partial charge >= 0.3 is 0 Å². The van der Waals surface area contributed by atoms with Gasteiger partial charge < -0.3 is 30.1 Å². The number of carbonyl (C=O) groups is 1. The number of likely N-dealkylation sites (N-methyl/N-ethyl adjacent to an activating group) is 1. The van der Waals surface area contributed by atoms with Crippen molar-refractivity contribution in [2.75, 3.05) is 34.2 Å². The van der Waals surface area contributed by atoms with E-state index in [-0.39, 0.29) is 54.7 Å². The summed E-state index contributed by atoms with van der Waals surface area (Å²) in [5, 5.41) is 17.7. The van der Waals surface area contributed by atoms with Gasteiger partial charge in [0.25, 0.3) is 11.8 Å². The summed E-state index contributed by atoms with van der Waals surface area (Å²) in [6.45, 7) is 0.830. The van der Waals surface area contributed by atoms with Crippen LogP contribution in [0.25, 0.3) is 0 Å². The molecule has 1 aliphatic rings. The number of ether oxygens (including phenoxy) is 2. The number of carbonyl (C=O) groups excluding carboxylic acids is 1. The van der Waals surface area contributed by atoms with Crippen molar-refractivity contribution in [3.8, 4) is 28.9 Å². The average molecular weight is 685 g/mol. The van der Waals surface area contributed by atoms with Crippen molar-refractivity contribution in [2.45, 2.75) is 9.79 Å². The SMILES string of the molecule is CN(C)C(=O)c1c(Cl)cccc1S(=O)(=O)c1ccc(Oc2c(F)cnc(Oc3cc(C(=N)N)ccc3O)c2F)c(C2=NCCN2C)c1. The summed E-state index contributed by atoms with van der Waals surface area (Å²) < 4.78 is 69.8. The van der Waals surface area contributed by atoms with E-state index in [4.69, 9.17) is 32.2 Å². The van der Waals surface area contributed by atoms with Gasteiger partial charge in [-0.3, -0.25) is 15.2 Å². The number of rotatable bonds is 9. The predicted octanol–water partition coefficient (Wildman–Crippen LogP) is 4.81. The summed E-state index contributed by atoms with van der Waals surface area (Å²) in [6.07, 6.45) is 0.639. The second-order valence-corrected chi connectivity index (χ2v) is 12.8. The maximum Gasteiger partial charge on any atom is 0.260 e. The molecule has 3 aromatic carbocycles. The van der Waals surface area contributed by atoms with E-state index in [1.807, 2.05) is 0 Å². The number of nitrogens with two attached hydrogens (primary N) is 1. The van der Waals surface area contributed by atoms with Crippen LogP contribution in [0.4, 0.5) is 8.78 Å². The van der Waals surface area contributed by atoms with Crippen molar-refractivity contribution in [3.05, 3.63) is 94.1 Å².